The molecule has 0 spiro atoms. The summed E-state index contributed by atoms with van der Waals surface area (Å²) in [5.74, 6) is 0.976. The third kappa shape index (κ3) is 3.62. The first kappa shape index (κ1) is 15.3. The molecule has 1 aromatic heterocycles. The number of hydrogen-bond donors (Lipinski definition) is 1. The summed E-state index contributed by atoms with van der Waals surface area (Å²) < 4.78 is 0. The number of benzene rings is 1. The van der Waals surface area contributed by atoms with Gasteiger partial charge in [-0.1, -0.05) is 31.2 Å². The number of aromatic nitrogens is 1. The van der Waals surface area contributed by atoms with Crippen molar-refractivity contribution in [2.24, 2.45) is 0 Å². The van der Waals surface area contributed by atoms with Crippen LogP contribution >= 0.6 is 0 Å². The van der Waals surface area contributed by atoms with E-state index in [4.69, 9.17) is 0 Å². The normalized spacial score (nSPS) is 14.7. The number of para-hydroxylation sites is 1. The van der Waals surface area contributed by atoms with Crippen LogP contribution in [-0.2, 0) is 6.42 Å². The second-order valence-corrected chi connectivity index (χ2v) is 5.60. The minimum atomic E-state index is -0.0217. The first-order valence-electron chi connectivity index (χ1n) is 8.07. The highest BCUT2D eigenvalue weighted by atomic mass is 16.2. The molecule has 0 unspecified atom stereocenters. The lowest BCUT2D eigenvalue weighted by Crippen LogP contribution is -2.50. The second kappa shape index (κ2) is 7.13. The quantitative estimate of drug-likeness (QED) is 0.948. The van der Waals surface area contributed by atoms with Gasteiger partial charge in [0.2, 0.25) is 0 Å². The van der Waals surface area contributed by atoms with Crippen molar-refractivity contribution in [3.8, 4) is 0 Å². The fourth-order valence-corrected chi connectivity index (χ4v) is 2.82. The van der Waals surface area contributed by atoms with E-state index < -0.39 is 0 Å². The molecule has 1 saturated heterocycles. The van der Waals surface area contributed by atoms with Gasteiger partial charge in [0.05, 0.1) is 0 Å². The standard InChI is InChI=1S/C18H22N4O/c1-2-15-7-3-4-8-16(15)20-18(23)22-13-11-21(12-14-22)17-9-5-6-10-19-17/h3-10H,2,11-14H2,1H3,(H,20,23). The molecule has 1 N–H and O–H groups in total. The van der Waals surface area contributed by atoms with Gasteiger partial charge in [-0.25, -0.2) is 9.78 Å². The number of pyridine rings is 1. The third-order valence-electron chi connectivity index (χ3n) is 4.18. The maximum atomic E-state index is 12.5. The van der Waals surface area contributed by atoms with Gasteiger partial charge in [-0.05, 0) is 30.2 Å². The van der Waals surface area contributed by atoms with Gasteiger partial charge in [0.15, 0.2) is 0 Å². The summed E-state index contributed by atoms with van der Waals surface area (Å²) in [5, 5.41) is 3.04. The Hall–Kier alpha value is -2.56. The highest BCUT2D eigenvalue weighted by molar-refractivity contribution is 5.90. The van der Waals surface area contributed by atoms with Gasteiger partial charge in [0.1, 0.15) is 5.82 Å². The topological polar surface area (TPSA) is 48.5 Å². The van der Waals surface area contributed by atoms with Crippen LogP contribution < -0.4 is 10.2 Å². The largest absolute Gasteiger partial charge is 0.353 e. The van der Waals surface area contributed by atoms with Crippen LogP contribution in [0.25, 0.3) is 0 Å². The number of piperazine rings is 1. The Labute approximate surface area is 136 Å². The van der Waals surface area contributed by atoms with Gasteiger partial charge >= 0.3 is 6.03 Å². The first-order valence-corrected chi connectivity index (χ1v) is 8.07. The molecule has 0 atom stereocenters. The van der Waals surface area contributed by atoms with Crippen LogP contribution in [0.5, 0.6) is 0 Å². The molecule has 2 heterocycles. The van der Waals surface area contributed by atoms with Gasteiger partial charge in [0.25, 0.3) is 0 Å². The molecule has 1 aliphatic rings. The lowest BCUT2D eigenvalue weighted by atomic mass is 10.1. The molecular weight excluding hydrogens is 288 g/mol. The maximum Gasteiger partial charge on any atom is 0.321 e. The Bertz CT molecular complexity index is 651. The van der Waals surface area contributed by atoms with Crippen molar-refractivity contribution < 1.29 is 4.79 Å². The van der Waals surface area contributed by atoms with E-state index in [9.17, 15) is 4.79 Å². The summed E-state index contributed by atoms with van der Waals surface area (Å²) >= 11 is 0. The Morgan fingerprint density at radius 1 is 1.09 bits per heavy atom. The van der Waals surface area contributed by atoms with E-state index >= 15 is 0 Å². The van der Waals surface area contributed by atoms with Gasteiger partial charge in [0, 0.05) is 38.1 Å². The number of carbonyl (C=O) groups excluding carboxylic acids is 1. The van der Waals surface area contributed by atoms with Gasteiger partial charge in [-0.15, -0.1) is 0 Å². The molecule has 0 bridgehead atoms. The molecule has 0 saturated carbocycles. The molecule has 3 rings (SSSR count). The summed E-state index contributed by atoms with van der Waals surface area (Å²) in [6, 6.07) is 13.9. The van der Waals surface area contributed by atoms with Crippen molar-refractivity contribution in [2.75, 3.05) is 36.4 Å². The van der Waals surface area contributed by atoms with Gasteiger partial charge in [-0.2, -0.15) is 0 Å². The van der Waals surface area contributed by atoms with Crippen LogP contribution in [0, 0.1) is 0 Å². The highest BCUT2D eigenvalue weighted by Gasteiger charge is 2.22. The van der Waals surface area contributed by atoms with E-state index in [0.29, 0.717) is 13.1 Å². The third-order valence-corrected chi connectivity index (χ3v) is 4.18. The van der Waals surface area contributed by atoms with Crippen molar-refractivity contribution in [2.45, 2.75) is 13.3 Å². The van der Waals surface area contributed by atoms with Crippen LogP contribution in [0.1, 0.15) is 12.5 Å². The zero-order valence-electron chi connectivity index (χ0n) is 13.4. The number of rotatable bonds is 3. The van der Waals surface area contributed by atoms with E-state index in [1.807, 2.05) is 41.3 Å². The minimum Gasteiger partial charge on any atom is -0.353 e. The van der Waals surface area contributed by atoms with Crippen molar-refractivity contribution in [1.82, 2.24) is 9.88 Å². The molecule has 2 amide bonds. The van der Waals surface area contributed by atoms with Crippen molar-refractivity contribution in [1.29, 1.82) is 0 Å². The van der Waals surface area contributed by atoms with E-state index in [1.54, 1.807) is 6.20 Å². The highest BCUT2D eigenvalue weighted by Crippen LogP contribution is 2.17. The Kier molecular flexibility index (Phi) is 4.76. The Balaban J connectivity index is 1.58. The lowest BCUT2D eigenvalue weighted by molar-refractivity contribution is 0.208. The molecule has 5 heteroatoms. The predicted molar refractivity (Wildman–Crippen MR) is 92.9 cm³/mol. The summed E-state index contributed by atoms with van der Waals surface area (Å²) in [6.45, 7) is 5.11. The number of aryl methyl sites for hydroxylation is 1. The minimum absolute atomic E-state index is 0.0217. The van der Waals surface area contributed by atoms with E-state index in [1.165, 1.54) is 0 Å². The molecular formula is C18H22N4O. The number of hydrogen-bond acceptors (Lipinski definition) is 3. The van der Waals surface area contributed by atoms with Gasteiger partial charge < -0.3 is 15.1 Å². The lowest BCUT2D eigenvalue weighted by Gasteiger charge is -2.35. The fraction of sp³-hybridized carbons (Fsp3) is 0.333. The van der Waals surface area contributed by atoms with E-state index in [0.717, 1.165) is 36.6 Å². The molecule has 1 fully saturated rings. The van der Waals surface area contributed by atoms with Crippen molar-refractivity contribution in [3.63, 3.8) is 0 Å². The summed E-state index contributed by atoms with van der Waals surface area (Å²) in [7, 11) is 0. The van der Waals surface area contributed by atoms with E-state index in [2.05, 4.69) is 28.2 Å². The number of carbonyl (C=O) groups is 1. The zero-order chi connectivity index (χ0) is 16.1. The smallest absolute Gasteiger partial charge is 0.321 e. The summed E-state index contributed by atoms with van der Waals surface area (Å²) in [4.78, 5) is 20.9. The predicted octanol–water partition coefficient (Wildman–Crippen LogP) is 3.00. The van der Waals surface area contributed by atoms with Crippen molar-refractivity contribution in [3.05, 3.63) is 54.2 Å². The number of anilines is 2. The monoisotopic (exact) mass is 310 g/mol. The van der Waals surface area contributed by atoms with E-state index in [-0.39, 0.29) is 6.03 Å². The van der Waals surface area contributed by atoms with Crippen LogP contribution in [0.4, 0.5) is 16.3 Å². The average Bonchev–Trinajstić information content (AvgIpc) is 2.63. The molecule has 120 valence electrons. The zero-order valence-corrected chi connectivity index (χ0v) is 13.4. The summed E-state index contributed by atoms with van der Waals surface area (Å²) in [5.41, 5.74) is 2.07. The average molecular weight is 310 g/mol. The SMILES string of the molecule is CCc1ccccc1NC(=O)N1CCN(c2ccccn2)CC1. The number of nitrogens with one attached hydrogen (secondary N) is 1. The Morgan fingerprint density at radius 2 is 1.83 bits per heavy atom. The first-order chi connectivity index (χ1) is 11.3. The Morgan fingerprint density at radius 3 is 2.52 bits per heavy atom. The number of amides is 2. The molecule has 1 aliphatic heterocycles. The van der Waals surface area contributed by atoms with Gasteiger partial charge in [-0.3, -0.25) is 0 Å². The molecule has 0 radical (unpaired) electrons. The fourth-order valence-electron chi connectivity index (χ4n) is 2.82. The van der Waals surface area contributed by atoms with Crippen LogP contribution in [0.2, 0.25) is 0 Å². The maximum absolute atomic E-state index is 12.5. The van der Waals surface area contributed by atoms with Crippen LogP contribution in [-0.4, -0.2) is 42.1 Å². The molecule has 23 heavy (non-hydrogen) atoms. The van der Waals surface area contributed by atoms with Crippen LogP contribution in [0.3, 0.4) is 0 Å². The molecule has 2 aromatic rings. The molecule has 5 nitrogen and oxygen atoms in total. The van der Waals surface area contributed by atoms with Crippen LogP contribution in [0.15, 0.2) is 48.7 Å². The number of nitrogens with zero attached hydrogens (tertiary/aromatic N) is 3. The second-order valence-electron chi connectivity index (χ2n) is 5.60. The number of urea groups is 1. The molecule has 1 aromatic carbocycles. The molecule has 0 aliphatic carbocycles. The summed E-state index contributed by atoms with van der Waals surface area (Å²) in [6.07, 6.45) is 2.71. The van der Waals surface area contributed by atoms with Crippen molar-refractivity contribution >= 4 is 17.5 Å².